The standard InChI is InChI=1S/C12H26N7O7P/c13-7(3-1-5-18-11(15)22)9(20)25-27(17,24)26-10(21)8(14)4-2-6-19-12(16)23/h7-8H,1-6,13-14H2,(H2,17,24)(H3,15,18,22)(H3,16,19,23)/t7-,8-/m1/s1. The number of rotatable bonds is 12. The summed E-state index contributed by atoms with van der Waals surface area (Å²) < 4.78 is 20.8. The van der Waals surface area contributed by atoms with Crippen LogP contribution in [0.5, 0.6) is 0 Å². The van der Waals surface area contributed by atoms with Crippen LogP contribution < -0.4 is 39.1 Å². The molecule has 0 saturated heterocycles. The minimum atomic E-state index is -4.56. The summed E-state index contributed by atoms with van der Waals surface area (Å²) in [5.41, 5.74) is 26.0. The van der Waals surface area contributed by atoms with Crippen molar-refractivity contribution in [2.45, 2.75) is 37.8 Å². The predicted molar refractivity (Wildman–Crippen MR) is 93.6 cm³/mol. The van der Waals surface area contributed by atoms with Gasteiger partial charge in [0.2, 0.25) is 0 Å². The van der Waals surface area contributed by atoms with Gasteiger partial charge in [0.1, 0.15) is 12.1 Å². The predicted octanol–water partition coefficient (Wildman–Crippen LogP) is -2.31. The topological polar surface area (TPSA) is 258 Å². The lowest BCUT2D eigenvalue weighted by atomic mass is 10.2. The van der Waals surface area contributed by atoms with Crippen LogP contribution in [0.3, 0.4) is 0 Å². The van der Waals surface area contributed by atoms with Crippen molar-refractivity contribution in [2.75, 3.05) is 13.1 Å². The quantitative estimate of drug-likeness (QED) is 0.133. The molecule has 0 aliphatic rings. The molecular formula is C12H26N7O7P. The maximum atomic E-state index is 11.9. The Kier molecular flexibility index (Phi) is 11.0. The van der Waals surface area contributed by atoms with Crippen molar-refractivity contribution in [1.29, 1.82) is 0 Å². The van der Waals surface area contributed by atoms with Crippen LogP contribution in [-0.4, -0.2) is 49.2 Å². The van der Waals surface area contributed by atoms with Crippen molar-refractivity contribution in [3.8, 4) is 0 Å². The lowest BCUT2D eigenvalue weighted by Gasteiger charge is -2.18. The maximum absolute atomic E-state index is 11.9. The molecule has 0 aromatic heterocycles. The summed E-state index contributed by atoms with van der Waals surface area (Å²) in [6, 6.07) is -3.87. The van der Waals surface area contributed by atoms with Gasteiger partial charge >= 0.3 is 31.7 Å². The Bertz CT molecular complexity index is 542. The van der Waals surface area contributed by atoms with E-state index in [1.54, 1.807) is 0 Å². The van der Waals surface area contributed by atoms with Crippen LogP contribution in [0, 0.1) is 0 Å². The van der Waals surface area contributed by atoms with Crippen molar-refractivity contribution < 1.29 is 32.8 Å². The van der Waals surface area contributed by atoms with Crippen molar-refractivity contribution in [1.82, 2.24) is 10.6 Å². The van der Waals surface area contributed by atoms with E-state index in [0.29, 0.717) is 0 Å². The van der Waals surface area contributed by atoms with Crippen LogP contribution in [0.4, 0.5) is 9.59 Å². The molecule has 0 spiro atoms. The first-order chi connectivity index (χ1) is 12.4. The minimum Gasteiger partial charge on any atom is -0.370 e. The van der Waals surface area contributed by atoms with Crippen LogP contribution in [0.15, 0.2) is 0 Å². The molecule has 0 radical (unpaired) electrons. The van der Waals surface area contributed by atoms with E-state index in [1.165, 1.54) is 0 Å². The van der Waals surface area contributed by atoms with E-state index in [4.69, 9.17) is 28.4 Å². The summed E-state index contributed by atoms with van der Waals surface area (Å²) in [6.45, 7) is 0.343. The first-order valence-corrected chi connectivity index (χ1v) is 9.49. The van der Waals surface area contributed by atoms with Crippen molar-refractivity contribution >= 4 is 31.7 Å². The average Bonchev–Trinajstić information content (AvgIpc) is 2.53. The number of primary amides is 2. The molecular weight excluding hydrogens is 385 g/mol. The van der Waals surface area contributed by atoms with Gasteiger partial charge in [0.25, 0.3) is 0 Å². The van der Waals surface area contributed by atoms with Gasteiger partial charge in [0.05, 0.1) is 0 Å². The number of urea groups is 2. The lowest BCUT2D eigenvalue weighted by molar-refractivity contribution is -0.140. The number of hydrogen-bond acceptors (Lipinski definition) is 9. The number of nitrogens with one attached hydrogen (secondary N) is 2. The summed E-state index contributed by atoms with van der Waals surface area (Å²) in [5.74, 6) is -2.29. The van der Waals surface area contributed by atoms with Gasteiger partial charge in [0.15, 0.2) is 0 Å². The Morgan fingerprint density at radius 1 is 0.815 bits per heavy atom. The molecule has 0 unspecified atom stereocenters. The summed E-state index contributed by atoms with van der Waals surface area (Å²) in [5, 5.41) is 4.58. The molecule has 0 aromatic carbocycles. The third-order valence-corrected chi connectivity index (χ3v) is 3.89. The first-order valence-electron chi connectivity index (χ1n) is 7.88. The summed E-state index contributed by atoms with van der Waals surface area (Å²) in [6.07, 6.45) is 0.717. The highest BCUT2D eigenvalue weighted by Gasteiger charge is 2.32. The summed E-state index contributed by atoms with van der Waals surface area (Å²) in [7, 11) is -4.56. The van der Waals surface area contributed by atoms with Gasteiger partial charge in [-0.2, -0.15) is 0 Å². The van der Waals surface area contributed by atoms with Crippen LogP contribution >= 0.6 is 7.75 Å². The van der Waals surface area contributed by atoms with E-state index in [-0.39, 0.29) is 38.8 Å². The SMILES string of the molecule is NC(=O)NCCC[C@@H](N)C(=O)OP(N)(=O)OC(=O)[C@H](N)CCCNC(N)=O. The first kappa shape index (κ1) is 24.6. The zero-order valence-electron chi connectivity index (χ0n) is 14.6. The highest BCUT2D eigenvalue weighted by molar-refractivity contribution is 7.52. The fourth-order valence-corrected chi connectivity index (χ4v) is 2.52. The second-order valence-corrected chi connectivity index (χ2v) is 6.88. The molecule has 27 heavy (non-hydrogen) atoms. The molecule has 2 atom stereocenters. The highest BCUT2D eigenvalue weighted by atomic mass is 31.2. The smallest absolute Gasteiger partial charge is 0.370 e. The van der Waals surface area contributed by atoms with E-state index in [2.05, 4.69) is 19.7 Å². The zero-order chi connectivity index (χ0) is 21.0. The zero-order valence-corrected chi connectivity index (χ0v) is 15.5. The molecule has 12 N–H and O–H groups in total. The van der Waals surface area contributed by atoms with Crippen molar-refractivity contribution in [3.63, 3.8) is 0 Å². The molecule has 14 nitrogen and oxygen atoms in total. The van der Waals surface area contributed by atoms with E-state index in [1.807, 2.05) is 0 Å². The van der Waals surface area contributed by atoms with E-state index < -0.39 is 43.8 Å². The van der Waals surface area contributed by atoms with Gasteiger partial charge in [-0.05, 0) is 25.7 Å². The van der Waals surface area contributed by atoms with Gasteiger partial charge in [-0.25, -0.2) is 29.2 Å². The number of amides is 4. The molecule has 156 valence electrons. The summed E-state index contributed by atoms with van der Waals surface area (Å²) in [4.78, 5) is 44.4. The van der Waals surface area contributed by atoms with Gasteiger partial charge in [-0.15, -0.1) is 0 Å². The molecule has 0 fully saturated rings. The van der Waals surface area contributed by atoms with E-state index >= 15 is 0 Å². The number of nitrogens with two attached hydrogens (primary N) is 5. The Labute approximate surface area is 155 Å². The van der Waals surface area contributed by atoms with Gasteiger partial charge in [0, 0.05) is 13.1 Å². The van der Waals surface area contributed by atoms with Gasteiger partial charge in [-0.3, -0.25) is 0 Å². The van der Waals surface area contributed by atoms with Crippen LogP contribution in [0.1, 0.15) is 25.7 Å². The fourth-order valence-electron chi connectivity index (χ4n) is 1.71. The van der Waals surface area contributed by atoms with Gasteiger partial charge < -0.3 is 42.6 Å². The monoisotopic (exact) mass is 411 g/mol. The molecule has 0 bridgehead atoms. The molecule has 0 aliphatic heterocycles. The number of carbonyl (C=O) groups is 4. The largest absolute Gasteiger partial charge is 0.514 e. The summed E-state index contributed by atoms with van der Waals surface area (Å²) >= 11 is 0. The number of carbonyl (C=O) groups excluding carboxylic acids is 4. The van der Waals surface area contributed by atoms with Crippen molar-refractivity contribution in [3.05, 3.63) is 0 Å². The third kappa shape index (κ3) is 12.6. The van der Waals surface area contributed by atoms with Crippen LogP contribution in [0.25, 0.3) is 0 Å². The van der Waals surface area contributed by atoms with E-state index in [0.717, 1.165) is 0 Å². The van der Waals surface area contributed by atoms with Gasteiger partial charge in [-0.1, -0.05) is 0 Å². The van der Waals surface area contributed by atoms with Crippen molar-refractivity contribution in [2.24, 2.45) is 28.4 Å². The van der Waals surface area contributed by atoms with Crippen LogP contribution in [-0.2, 0) is 23.2 Å². The highest BCUT2D eigenvalue weighted by Crippen LogP contribution is 2.40. The molecule has 0 rings (SSSR count). The lowest BCUT2D eigenvalue weighted by Crippen LogP contribution is -2.37. The average molecular weight is 411 g/mol. The maximum Gasteiger partial charge on any atom is 0.514 e. The Hall–Kier alpha value is -2.41. The van der Waals surface area contributed by atoms with Crippen LogP contribution in [0.2, 0.25) is 0 Å². The Morgan fingerprint density at radius 3 is 1.44 bits per heavy atom. The molecule has 0 aliphatic carbocycles. The molecule has 0 heterocycles. The fraction of sp³-hybridized carbons (Fsp3) is 0.667. The molecule has 15 heteroatoms. The molecule has 0 aromatic rings. The second kappa shape index (κ2) is 12.1. The molecule has 0 saturated carbocycles. The molecule has 4 amide bonds. The normalized spacial score (nSPS) is 13.1. The Balaban J connectivity index is 4.29. The third-order valence-electron chi connectivity index (χ3n) is 3.02. The minimum absolute atomic E-state index is 0.0689. The second-order valence-electron chi connectivity index (χ2n) is 5.44. The van der Waals surface area contributed by atoms with E-state index in [9.17, 15) is 23.7 Å². The number of hydrogen-bond donors (Lipinski definition) is 7. The Morgan fingerprint density at radius 2 is 1.15 bits per heavy atom.